The Balaban J connectivity index is 1.66. The fourth-order valence-electron chi connectivity index (χ4n) is 2.83. The van der Waals surface area contributed by atoms with Crippen molar-refractivity contribution < 1.29 is 5.11 Å². The van der Waals surface area contributed by atoms with Crippen LogP contribution in [-0.2, 0) is 0 Å². The van der Waals surface area contributed by atoms with Crippen molar-refractivity contribution in [2.45, 2.75) is 6.92 Å². The summed E-state index contributed by atoms with van der Waals surface area (Å²) in [6, 6.07) is 25.6. The van der Waals surface area contributed by atoms with Crippen LogP contribution in [0.25, 0.3) is 21.7 Å². The van der Waals surface area contributed by atoms with Gasteiger partial charge in [0.1, 0.15) is 5.75 Å². The zero-order valence-electron chi connectivity index (χ0n) is 15.3. The molecule has 0 amide bonds. The maximum absolute atomic E-state index is 9.55. The molecule has 4 aromatic rings. The van der Waals surface area contributed by atoms with E-state index in [9.17, 15) is 5.11 Å². The molecule has 0 aliphatic rings. The Labute approximate surface area is 167 Å². The lowest BCUT2D eigenvalue weighted by atomic mass is 10.1. The molecule has 0 aliphatic carbocycles. The SMILES string of the molecule is Cc1ccc(-c2nc(N/N=C\c3cccc(O)c3)sc2-c2ccccc2)cc1. The third kappa shape index (κ3) is 4.10. The van der Waals surface area contributed by atoms with Gasteiger partial charge in [0.05, 0.1) is 16.8 Å². The Morgan fingerprint density at radius 2 is 1.71 bits per heavy atom. The summed E-state index contributed by atoms with van der Waals surface area (Å²) in [6.07, 6.45) is 1.66. The largest absolute Gasteiger partial charge is 0.508 e. The summed E-state index contributed by atoms with van der Waals surface area (Å²) in [7, 11) is 0. The molecule has 2 N–H and O–H groups in total. The van der Waals surface area contributed by atoms with Gasteiger partial charge in [-0.3, -0.25) is 5.43 Å². The molecule has 0 unspecified atom stereocenters. The molecular formula is C23H19N3OS. The van der Waals surface area contributed by atoms with E-state index < -0.39 is 0 Å². The van der Waals surface area contributed by atoms with Gasteiger partial charge in [0.25, 0.3) is 0 Å². The van der Waals surface area contributed by atoms with Crippen molar-refractivity contribution in [2.75, 3.05) is 5.43 Å². The quantitative estimate of drug-likeness (QED) is 0.330. The first-order valence-corrected chi connectivity index (χ1v) is 9.72. The van der Waals surface area contributed by atoms with Crippen LogP contribution in [0.4, 0.5) is 5.13 Å². The van der Waals surface area contributed by atoms with Crippen LogP contribution in [0, 0.1) is 6.92 Å². The molecule has 4 nitrogen and oxygen atoms in total. The summed E-state index contributed by atoms with van der Waals surface area (Å²) in [6.45, 7) is 2.08. The molecule has 5 heteroatoms. The molecule has 0 radical (unpaired) electrons. The molecule has 0 spiro atoms. The molecule has 4 rings (SSSR count). The zero-order chi connectivity index (χ0) is 19.3. The second kappa shape index (κ2) is 8.06. The van der Waals surface area contributed by atoms with Crippen molar-refractivity contribution >= 4 is 22.7 Å². The molecule has 0 fully saturated rings. The number of thiazole rings is 1. The minimum atomic E-state index is 0.214. The van der Waals surface area contributed by atoms with Crippen molar-refractivity contribution in [1.29, 1.82) is 0 Å². The standard InChI is InChI=1S/C23H19N3OS/c1-16-10-12-18(13-11-16)21-22(19-7-3-2-4-8-19)28-23(25-21)26-24-15-17-6-5-9-20(27)14-17/h2-15,27H,1H3,(H,25,26)/b24-15-. The zero-order valence-corrected chi connectivity index (χ0v) is 16.1. The molecule has 0 saturated heterocycles. The first-order valence-electron chi connectivity index (χ1n) is 8.90. The molecule has 1 aromatic heterocycles. The van der Waals surface area contributed by atoms with E-state index in [1.807, 2.05) is 24.3 Å². The Hall–Kier alpha value is -3.44. The maximum Gasteiger partial charge on any atom is 0.204 e. The van der Waals surface area contributed by atoms with Crippen molar-refractivity contribution in [3.8, 4) is 27.4 Å². The van der Waals surface area contributed by atoms with Gasteiger partial charge in [-0.2, -0.15) is 5.10 Å². The smallest absolute Gasteiger partial charge is 0.204 e. The summed E-state index contributed by atoms with van der Waals surface area (Å²) in [5.74, 6) is 0.214. The lowest BCUT2D eigenvalue weighted by Crippen LogP contribution is -1.90. The molecule has 0 aliphatic heterocycles. The van der Waals surface area contributed by atoms with E-state index in [2.05, 4.69) is 53.8 Å². The van der Waals surface area contributed by atoms with E-state index in [0.717, 1.165) is 27.3 Å². The third-order valence-corrected chi connectivity index (χ3v) is 5.24. The predicted octanol–water partition coefficient (Wildman–Crippen LogP) is 5.94. The normalized spacial score (nSPS) is 11.0. The summed E-state index contributed by atoms with van der Waals surface area (Å²) < 4.78 is 0. The van der Waals surface area contributed by atoms with Crippen molar-refractivity contribution in [1.82, 2.24) is 4.98 Å². The molecule has 0 atom stereocenters. The van der Waals surface area contributed by atoms with E-state index in [-0.39, 0.29) is 5.75 Å². The Morgan fingerprint density at radius 3 is 2.46 bits per heavy atom. The fourth-order valence-corrected chi connectivity index (χ4v) is 3.77. The number of hydrazone groups is 1. The summed E-state index contributed by atoms with van der Waals surface area (Å²) in [4.78, 5) is 5.88. The molecular weight excluding hydrogens is 366 g/mol. The summed E-state index contributed by atoms with van der Waals surface area (Å²) >= 11 is 1.56. The highest BCUT2D eigenvalue weighted by atomic mass is 32.1. The minimum Gasteiger partial charge on any atom is -0.508 e. The van der Waals surface area contributed by atoms with E-state index in [1.54, 1.807) is 35.8 Å². The van der Waals surface area contributed by atoms with Gasteiger partial charge in [-0.05, 0) is 30.2 Å². The van der Waals surface area contributed by atoms with E-state index in [1.165, 1.54) is 5.56 Å². The van der Waals surface area contributed by atoms with Crippen LogP contribution in [0.1, 0.15) is 11.1 Å². The molecule has 3 aromatic carbocycles. The Bertz CT molecular complexity index is 1100. The molecule has 0 bridgehead atoms. The number of aromatic hydroxyl groups is 1. The van der Waals surface area contributed by atoms with Crippen molar-refractivity contribution in [3.05, 3.63) is 90.0 Å². The highest BCUT2D eigenvalue weighted by Crippen LogP contribution is 2.39. The second-order valence-electron chi connectivity index (χ2n) is 6.39. The minimum absolute atomic E-state index is 0.214. The van der Waals surface area contributed by atoms with Gasteiger partial charge < -0.3 is 5.11 Å². The predicted molar refractivity (Wildman–Crippen MR) is 117 cm³/mol. The van der Waals surface area contributed by atoms with E-state index in [0.29, 0.717) is 5.13 Å². The number of rotatable bonds is 5. The van der Waals surface area contributed by atoms with Gasteiger partial charge >= 0.3 is 0 Å². The van der Waals surface area contributed by atoms with Crippen LogP contribution >= 0.6 is 11.3 Å². The molecule has 0 saturated carbocycles. The van der Waals surface area contributed by atoms with Gasteiger partial charge in [-0.1, -0.05) is 83.6 Å². The Morgan fingerprint density at radius 1 is 0.929 bits per heavy atom. The van der Waals surface area contributed by atoms with Crippen molar-refractivity contribution in [3.63, 3.8) is 0 Å². The number of benzene rings is 3. The molecule has 28 heavy (non-hydrogen) atoms. The van der Waals surface area contributed by atoms with Gasteiger partial charge in [0.15, 0.2) is 0 Å². The van der Waals surface area contributed by atoms with Crippen LogP contribution in [0.5, 0.6) is 5.75 Å². The molecule has 1 heterocycles. The topological polar surface area (TPSA) is 57.5 Å². The van der Waals surface area contributed by atoms with Crippen LogP contribution in [0.2, 0.25) is 0 Å². The number of nitrogens with one attached hydrogen (secondary N) is 1. The molecule has 138 valence electrons. The van der Waals surface area contributed by atoms with Gasteiger partial charge in [-0.25, -0.2) is 4.98 Å². The summed E-state index contributed by atoms with van der Waals surface area (Å²) in [5, 5.41) is 14.5. The van der Waals surface area contributed by atoms with E-state index >= 15 is 0 Å². The highest BCUT2D eigenvalue weighted by molar-refractivity contribution is 7.19. The monoisotopic (exact) mass is 385 g/mol. The van der Waals surface area contributed by atoms with E-state index in [4.69, 9.17) is 4.98 Å². The van der Waals surface area contributed by atoms with Crippen LogP contribution in [-0.4, -0.2) is 16.3 Å². The third-order valence-electron chi connectivity index (χ3n) is 4.23. The average Bonchev–Trinajstić information content (AvgIpc) is 3.13. The second-order valence-corrected chi connectivity index (χ2v) is 7.39. The number of hydrogen-bond donors (Lipinski definition) is 2. The average molecular weight is 385 g/mol. The Kier molecular flexibility index (Phi) is 5.17. The number of nitrogens with zero attached hydrogens (tertiary/aromatic N) is 2. The first-order chi connectivity index (χ1) is 13.7. The maximum atomic E-state index is 9.55. The number of aromatic nitrogens is 1. The van der Waals surface area contributed by atoms with Crippen molar-refractivity contribution in [2.24, 2.45) is 5.10 Å². The number of phenols is 1. The number of aryl methyl sites for hydroxylation is 1. The number of anilines is 1. The summed E-state index contributed by atoms with van der Waals surface area (Å²) in [5.41, 5.74) is 8.18. The van der Waals surface area contributed by atoms with Crippen LogP contribution < -0.4 is 5.43 Å². The van der Waals surface area contributed by atoms with Gasteiger partial charge in [0.2, 0.25) is 5.13 Å². The highest BCUT2D eigenvalue weighted by Gasteiger charge is 2.14. The lowest BCUT2D eigenvalue weighted by Gasteiger charge is -2.03. The number of hydrogen-bond acceptors (Lipinski definition) is 5. The number of phenolic OH excluding ortho intramolecular Hbond substituents is 1. The van der Waals surface area contributed by atoms with Crippen LogP contribution in [0.15, 0.2) is 84.0 Å². The fraction of sp³-hybridized carbons (Fsp3) is 0.0435. The van der Waals surface area contributed by atoms with Crippen LogP contribution in [0.3, 0.4) is 0 Å². The van der Waals surface area contributed by atoms with Gasteiger partial charge in [-0.15, -0.1) is 0 Å². The lowest BCUT2D eigenvalue weighted by molar-refractivity contribution is 0.475. The van der Waals surface area contributed by atoms with Gasteiger partial charge in [0, 0.05) is 5.56 Å². The first kappa shape index (κ1) is 17.9.